The molecule has 0 saturated carbocycles. The molecule has 0 aliphatic carbocycles. The number of aromatic nitrogens is 1. The molecule has 2 rings (SSSR count). The standard InChI is InChI=1S/C16H25N3O6/c1-9-5-13(25-18-9)14(22)19-7-10(20)6-11(12(21)8-19)17-15(23)24-16(2,3)4/h5,10-12,20-21H,6-8H2,1-4H3,(H,17,23)/t10-,11-,12-/m1/s1. The van der Waals surface area contributed by atoms with E-state index in [9.17, 15) is 19.8 Å². The molecule has 1 aliphatic rings. The van der Waals surface area contributed by atoms with Gasteiger partial charge in [0.05, 0.1) is 23.9 Å². The highest BCUT2D eigenvalue weighted by Crippen LogP contribution is 2.17. The van der Waals surface area contributed by atoms with E-state index >= 15 is 0 Å². The number of hydrogen-bond acceptors (Lipinski definition) is 7. The largest absolute Gasteiger partial charge is 0.444 e. The van der Waals surface area contributed by atoms with Crippen molar-refractivity contribution in [3.05, 3.63) is 17.5 Å². The predicted molar refractivity (Wildman–Crippen MR) is 86.9 cm³/mol. The fourth-order valence-electron chi connectivity index (χ4n) is 2.61. The number of nitrogens with zero attached hydrogens (tertiary/aromatic N) is 2. The Bertz CT molecular complexity index is 624. The Balaban J connectivity index is 2.04. The summed E-state index contributed by atoms with van der Waals surface area (Å²) < 4.78 is 10.1. The molecule has 0 aromatic carbocycles. The first kappa shape index (κ1) is 19.2. The smallest absolute Gasteiger partial charge is 0.407 e. The van der Waals surface area contributed by atoms with Crippen molar-refractivity contribution in [1.29, 1.82) is 0 Å². The van der Waals surface area contributed by atoms with Gasteiger partial charge in [-0.1, -0.05) is 5.16 Å². The lowest BCUT2D eigenvalue weighted by Crippen LogP contribution is -2.48. The average Bonchev–Trinajstić information content (AvgIpc) is 2.83. The van der Waals surface area contributed by atoms with E-state index in [4.69, 9.17) is 9.26 Å². The van der Waals surface area contributed by atoms with Crippen molar-refractivity contribution < 1.29 is 29.1 Å². The number of carbonyl (C=O) groups excluding carboxylic acids is 2. The van der Waals surface area contributed by atoms with Crippen LogP contribution in [0.1, 0.15) is 43.4 Å². The summed E-state index contributed by atoms with van der Waals surface area (Å²) in [6.45, 7) is 6.83. The molecule has 0 bridgehead atoms. The number of aryl methyl sites for hydroxylation is 1. The van der Waals surface area contributed by atoms with Gasteiger partial charge in [-0.3, -0.25) is 4.79 Å². The topological polar surface area (TPSA) is 125 Å². The molecule has 3 atom stereocenters. The second-order valence-corrected chi connectivity index (χ2v) is 7.25. The number of rotatable bonds is 2. The summed E-state index contributed by atoms with van der Waals surface area (Å²) in [6, 6.07) is 0.752. The van der Waals surface area contributed by atoms with E-state index in [0.29, 0.717) is 5.69 Å². The van der Waals surface area contributed by atoms with Crippen LogP contribution in [0.4, 0.5) is 4.79 Å². The van der Waals surface area contributed by atoms with Crippen LogP contribution in [-0.4, -0.2) is 69.2 Å². The van der Waals surface area contributed by atoms with Gasteiger partial charge in [0.1, 0.15) is 5.60 Å². The number of amides is 2. The maximum Gasteiger partial charge on any atom is 0.407 e. The van der Waals surface area contributed by atoms with Gasteiger partial charge < -0.3 is 29.7 Å². The molecular formula is C16H25N3O6. The van der Waals surface area contributed by atoms with Crippen molar-refractivity contribution in [3.8, 4) is 0 Å². The molecule has 9 nitrogen and oxygen atoms in total. The molecule has 25 heavy (non-hydrogen) atoms. The van der Waals surface area contributed by atoms with Gasteiger partial charge in [0.2, 0.25) is 5.76 Å². The van der Waals surface area contributed by atoms with Crippen LogP contribution in [0, 0.1) is 6.92 Å². The van der Waals surface area contributed by atoms with Gasteiger partial charge in [-0.2, -0.15) is 0 Å². The van der Waals surface area contributed by atoms with E-state index in [1.807, 2.05) is 0 Å². The van der Waals surface area contributed by atoms with Crippen LogP contribution in [0.2, 0.25) is 0 Å². The van der Waals surface area contributed by atoms with E-state index in [-0.39, 0.29) is 25.3 Å². The summed E-state index contributed by atoms with van der Waals surface area (Å²) in [6.07, 6.45) is -2.56. The van der Waals surface area contributed by atoms with Gasteiger partial charge in [-0.05, 0) is 34.1 Å². The highest BCUT2D eigenvalue weighted by Gasteiger charge is 2.35. The highest BCUT2D eigenvalue weighted by atomic mass is 16.6. The highest BCUT2D eigenvalue weighted by molar-refractivity contribution is 5.91. The van der Waals surface area contributed by atoms with Crippen LogP contribution in [0.3, 0.4) is 0 Å². The number of likely N-dealkylation sites (tertiary alicyclic amines) is 1. The lowest BCUT2D eigenvalue weighted by molar-refractivity contribution is 0.0380. The third-order valence-electron chi connectivity index (χ3n) is 3.66. The lowest BCUT2D eigenvalue weighted by Gasteiger charge is -2.26. The lowest BCUT2D eigenvalue weighted by atomic mass is 10.1. The van der Waals surface area contributed by atoms with Crippen molar-refractivity contribution in [2.45, 2.75) is 58.0 Å². The minimum atomic E-state index is -1.06. The van der Waals surface area contributed by atoms with Gasteiger partial charge in [0.25, 0.3) is 5.91 Å². The summed E-state index contributed by atoms with van der Waals surface area (Å²) in [5.74, 6) is -0.438. The molecule has 0 radical (unpaired) electrons. The Morgan fingerprint density at radius 3 is 2.60 bits per heavy atom. The number of hydrogen-bond donors (Lipinski definition) is 3. The first-order chi connectivity index (χ1) is 11.5. The van der Waals surface area contributed by atoms with Crippen molar-refractivity contribution in [2.75, 3.05) is 13.1 Å². The number of carbonyl (C=O) groups is 2. The zero-order valence-corrected chi connectivity index (χ0v) is 14.9. The zero-order chi connectivity index (χ0) is 18.8. The second-order valence-electron chi connectivity index (χ2n) is 7.25. The predicted octanol–water partition coefficient (Wildman–Crippen LogP) is 0.444. The van der Waals surface area contributed by atoms with Crippen molar-refractivity contribution in [1.82, 2.24) is 15.4 Å². The molecule has 3 N–H and O–H groups in total. The quantitative estimate of drug-likeness (QED) is 0.703. The fraction of sp³-hybridized carbons (Fsp3) is 0.688. The van der Waals surface area contributed by atoms with Gasteiger partial charge in [-0.15, -0.1) is 0 Å². The number of nitrogens with one attached hydrogen (secondary N) is 1. The molecule has 140 valence electrons. The Morgan fingerprint density at radius 1 is 1.36 bits per heavy atom. The third-order valence-corrected chi connectivity index (χ3v) is 3.66. The van der Waals surface area contributed by atoms with Crippen LogP contribution in [0.25, 0.3) is 0 Å². The normalized spacial score (nSPS) is 24.6. The van der Waals surface area contributed by atoms with E-state index < -0.39 is 35.9 Å². The fourth-order valence-corrected chi connectivity index (χ4v) is 2.61. The maximum atomic E-state index is 12.4. The first-order valence-electron chi connectivity index (χ1n) is 8.13. The minimum Gasteiger partial charge on any atom is -0.444 e. The van der Waals surface area contributed by atoms with Crippen molar-refractivity contribution >= 4 is 12.0 Å². The van der Waals surface area contributed by atoms with Crippen LogP contribution in [0.5, 0.6) is 0 Å². The van der Waals surface area contributed by atoms with Crippen LogP contribution in [-0.2, 0) is 4.74 Å². The Labute approximate surface area is 145 Å². The third kappa shape index (κ3) is 5.43. The second kappa shape index (κ2) is 7.40. The first-order valence-corrected chi connectivity index (χ1v) is 8.13. The van der Waals surface area contributed by atoms with Crippen LogP contribution >= 0.6 is 0 Å². The summed E-state index contributed by atoms with van der Waals surface area (Å²) in [5, 5.41) is 26.7. The molecule has 1 fully saturated rings. The van der Waals surface area contributed by atoms with Gasteiger partial charge in [0, 0.05) is 19.2 Å². The molecule has 0 spiro atoms. The monoisotopic (exact) mass is 355 g/mol. The number of ether oxygens (including phenoxy) is 1. The van der Waals surface area contributed by atoms with E-state index in [2.05, 4.69) is 10.5 Å². The SMILES string of the molecule is Cc1cc(C(=O)N2C[C@H](O)C[C@@H](NC(=O)OC(C)(C)C)[C@H](O)C2)on1. The Kier molecular flexibility index (Phi) is 5.69. The van der Waals surface area contributed by atoms with Crippen molar-refractivity contribution in [2.24, 2.45) is 0 Å². The molecule has 1 aromatic rings. The maximum absolute atomic E-state index is 12.4. The van der Waals surface area contributed by atoms with Gasteiger partial charge in [0.15, 0.2) is 0 Å². The number of β-amino-alcohol motifs (C(OH)–C–C–N with tert-alkyl or cyclic N) is 2. The minimum absolute atomic E-state index is 0.0160. The van der Waals surface area contributed by atoms with Crippen LogP contribution < -0.4 is 5.32 Å². The molecule has 1 aliphatic heterocycles. The van der Waals surface area contributed by atoms with Gasteiger partial charge >= 0.3 is 6.09 Å². The molecule has 2 heterocycles. The molecule has 1 saturated heterocycles. The molecule has 1 aromatic heterocycles. The number of alkyl carbamates (subject to hydrolysis) is 1. The molecule has 0 unspecified atom stereocenters. The summed E-state index contributed by atoms with van der Waals surface area (Å²) in [5.41, 5.74) is -0.117. The van der Waals surface area contributed by atoms with Gasteiger partial charge in [-0.25, -0.2) is 4.79 Å². The summed E-state index contributed by atoms with van der Waals surface area (Å²) in [7, 11) is 0. The van der Waals surface area contributed by atoms with Crippen molar-refractivity contribution in [3.63, 3.8) is 0 Å². The number of aliphatic hydroxyl groups excluding tert-OH is 2. The Hall–Kier alpha value is -2.13. The average molecular weight is 355 g/mol. The molecule has 2 amide bonds. The molecule has 9 heteroatoms. The summed E-state index contributed by atoms with van der Waals surface area (Å²) in [4.78, 5) is 25.6. The number of aliphatic hydroxyl groups is 2. The zero-order valence-electron chi connectivity index (χ0n) is 14.9. The van der Waals surface area contributed by atoms with E-state index in [1.54, 1.807) is 27.7 Å². The molecular weight excluding hydrogens is 330 g/mol. The Morgan fingerprint density at radius 2 is 2.04 bits per heavy atom. The summed E-state index contributed by atoms with van der Waals surface area (Å²) >= 11 is 0. The van der Waals surface area contributed by atoms with Crippen LogP contribution in [0.15, 0.2) is 10.6 Å². The van der Waals surface area contributed by atoms with E-state index in [1.165, 1.54) is 11.0 Å². The van der Waals surface area contributed by atoms with E-state index in [0.717, 1.165) is 0 Å².